The van der Waals surface area contributed by atoms with E-state index in [0.29, 0.717) is 10.1 Å². The van der Waals surface area contributed by atoms with Gasteiger partial charge in [-0.1, -0.05) is 17.7 Å². The second-order valence-corrected chi connectivity index (χ2v) is 5.73. The molecule has 1 heterocycles. The lowest BCUT2D eigenvalue weighted by Gasteiger charge is -2.13. The molecule has 0 aliphatic rings. The monoisotopic (exact) mass is 322 g/mol. The first kappa shape index (κ1) is 15.8. The predicted octanol–water partition coefficient (Wildman–Crippen LogP) is 3.53. The number of halogens is 1. The molecule has 6 heteroatoms. The van der Waals surface area contributed by atoms with Gasteiger partial charge in [0.05, 0.1) is 0 Å². The van der Waals surface area contributed by atoms with E-state index in [1.165, 1.54) is 5.69 Å². The molecule has 21 heavy (non-hydrogen) atoms. The quantitative estimate of drug-likeness (QED) is 0.653. The number of nitrogens with zero attached hydrogens (tertiary/aromatic N) is 2. The summed E-state index contributed by atoms with van der Waals surface area (Å²) >= 11 is 11.3. The van der Waals surface area contributed by atoms with Crippen LogP contribution in [0.1, 0.15) is 17.7 Å². The summed E-state index contributed by atoms with van der Waals surface area (Å²) in [6.07, 6.45) is 2.77. The van der Waals surface area contributed by atoms with Gasteiger partial charge in [-0.2, -0.15) is 5.10 Å². The zero-order valence-corrected chi connectivity index (χ0v) is 13.8. The molecular formula is C15H19ClN4S. The minimum absolute atomic E-state index is 0.609. The number of aryl methyl sites for hydroxylation is 3. The van der Waals surface area contributed by atoms with Gasteiger partial charge in [0.1, 0.15) is 0 Å². The van der Waals surface area contributed by atoms with Crippen molar-refractivity contribution < 1.29 is 0 Å². The molecule has 4 nitrogen and oxygen atoms in total. The molecule has 0 fully saturated rings. The number of benzene rings is 1. The van der Waals surface area contributed by atoms with Crippen molar-refractivity contribution in [1.82, 2.24) is 15.1 Å². The third kappa shape index (κ3) is 4.72. The molecule has 2 rings (SSSR count). The van der Waals surface area contributed by atoms with Gasteiger partial charge in [-0.3, -0.25) is 4.68 Å². The molecule has 0 saturated heterocycles. The van der Waals surface area contributed by atoms with Crippen LogP contribution in [0.2, 0.25) is 5.02 Å². The fourth-order valence-corrected chi connectivity index (χ4v) is 2.34. The Balaban J connectivity index is 1.75. The highest BCUT2D eigenvalue weighted by atomic mass is 35.5. The van der Waals surface area contributed by atoms with Crippen molar-refractivity contribution in [2.75, 3.05) is 11.9 Å². The number of aromatic nitrogens is 2. The van der Waals surface area contributed by atoms with Crippen molar-refractivity contribution in [3.63, 3.8) is 0 Å². The van der Waals surface area contributed by atoms with E-state index >= 15 is 0 Å². The van der Waals surface area contributed by atoms with Crippen molar-refractivity contribution in [1.29, 1.82) is 0 Å². The summed E-state index contributed by atoms with van der Waals surface area (Å²) < 4.78 is 1.99. The first-order valence-corrected chi connectivity index (χ1v) is 7.64. The van der Waals surface area contributed by atoms with Crippen LogP contribution in [0.25, 0.3) is 0 Å². The molecule has 2 N–H and O–H groups in total. The van der Waals surface area contributed by atoms with Crippen LogP contribution in [-0.4, -0.2) is 21.4 Å². The minimum atomic E-state index is 0.609. The molecular weight excluding hydrogens is 304 g/mol. The first-order chi connectivity index (χ1) is 10.1. The number of nitrogens with one attached hydrogen (secondary N) is 2. The Hall–Kier alpha value is -1.59. The summed E-state index contributed by atoms with van der Waals surface area (Å²) in [6.45, 7) is 5.74. The number of thiocarbonyl (C=S) groups is 1. The van der Waals surface area contributed by atoms with Crippen LogP contribution in [-0.2, 0) is 6.54 Å². The molecule has 0 aliphatic heterocycles. The van der Waals surface area contributed by atoms with Crippen LogP contribution < -0.4 is 10.6 Å². The highest BCUT2D eigenvalue weighted by Crippen LogP contribution is 2.19. The number of rotatable bonds is 5. The Labute approximate surface area is 135 Å². The highest BCUT2D eigenvalue weighted by molar-refractivity contribution is 7.80. The van der Waals surface area contributed by atoms with E-state index in [1.54, 1.807) is 0 Å². The average molecular weight is 323 g/mol. The molecule has 0 unspecified atom stereocenters. The maximum atomic E-state index is 5.99. The van der Waals surface area contributed by atoms with E-state index in [1.807, 2.05) is 42.1 Å². The Bertz CT molecular complexity index is 624. The van der Waals surface area contributed by atoms with E-state index in [0.717, 1.165) is 30.8 Å². The van der Waals surface area contributed by atoms with E-state index in [-0.39, 0.29) is 0 Å². The smallest absolute Gasteiger partial charge is 0.170 e. The molecule has 0 aliphatic carbocycles. The lowest BCUT2D eigenvalue weighted by Crippen LogP contribution is -2.30. The molecule has 0 radical (unpaired) electrons. The number of hydrogen-bond acceptors (Lipinski definition) is 2. The zero-order chi connectivity index (χ0) is 15.2. The third-order valence-corrected chi connectivity index (χ3v) is 3.69. The second kappa shape index (κ2) is 7.43. The van der Waals surface area contributed by atoms with Crippen LogP contribution in [0, 0.1) is 13.8 Å². The summed E-state index contributed by atoms with van der Waals surface area (Å²) in [5.41, 5.74) is 3.21. The summed E-state index contributed by atoms with van der Waals surface area (Å²) in [4.78, 5) is 0. The van der Waals surface area contributed by atoms with E-state index in [9.17, 15) is 0 Å². The fourth-order valence-electron chi connectivity index (χ4n) is 1.96. The van der Waals surface area contributed by atoms with E-state index in [2.05, 4.69) is 22.7 Å². The zero-order valence-electron chi connectivity index (χ0n) is 12.2. The molecule has 0 saturated carbocycles. The molecule has 2 aromatic rings. The first-order valence-electron chi connectivity index (χ1n) is 6.85. The number of anilines is 1. The Morgan fingerprint density at radius 1 is 1.33 bits per heavy atom. The molecule has 0 atom stereocenters. The summed E-state index contributed by atoms with van der Waals surface area (Å²) in [5.74, 6) is 0. The lowest BCUT2D eigenvalue weighted by atomic mass is 10.2. The van der Waals surface area contributed by atoms with Gasteiger partial charge in [0.2, 0.25) is 0 Å². The van der Waals surface area contributed by atoms with Gasteiger partial charge in [0, 0.05) is 35.7 Å². The van der Waals surface area contributed by atoms with E-state index in [4.69, 9.17) is 23.8 Å². The maximum Gasteiger partial charge on any atom is 0.170 e. The van der Waals surface area contributed by atoms with Crippen molar-refractivity contribution in [3.05, 3.63) is 46.7 Å². The maximum absolute atomic E-state index is 5.99. The van der Waals surface area contributed by atoms with Crippen molar-refractivity contribution in [2.24, 2.45) is 0 Å². The van der Waals surface area contributed by atoms with Crippen LogP contribution in [0.3, 0.4) is 0 Å². The average Bonchev–Trinajstić information content (AvgIpc) is 2.84. The van der Waals surface area contributed by atoms with Crippen LogP contribution >= 0.6 is 23.8 Å². The summed E-state index contributed by atoms with van der Waals surface area (Å²) in [7, 11) is 0. The minimum Gasteiger partial charge on any atom is -0.362 e. The fraction of sp³-hybridized carbons (Fsp3) is 0.333. The van der Waals surface area contributed by atoms with Gasteiger partial charge in [-0.15, -0.1) is 0 Å². The lowest BCUT2D eigenvalue weighted by molar-refractivity contribution is 0.561. The number of hydrogen-bond donors (Lipinski definition) is 2. The van der Waals surface area contributed by atoms with Gasteiger partial charge >= 0.3 is 0 Å². The molecule has 0 spiro atoms. The normalized spacial score (nSPS) is 10.4. The van der Waals surface area contributed by atoms with Crippen molar-refractivity contribution >= 4 is 34.6 Å². The standard InChI is InChI=1S/C15H19ClN4S/c1-11-4-5-13(16)10-14(11)19-15(21)17-7-3-9-20-12(2)6-8-18-20/h4-6,8,10H,3,7,9H2,1-2H3,(H2,17,19,21). The molecule has 0 amide bonds. The molecule has 112 valence electrons. The topological polar surface area (TPSA) is 41.9 Å². The van der Waals surface area contributed by atoms with Gasteiger partial charge in [-0.05, 0) is 56.2 Å². The van der Waals surface area contributed by atoms with E-state index < -0.39 is 0 Å². The Morgan fingerprint density at radius 2 is 2.14 bits per heavy atom. The third-order valence-electron chi connectivity index (χ3n) is 3.21. The van der Waals surface area contributed by atoms with Crippen molar-refractivity contribution in [3.8, 4) is 0 Å². The predicted molar refractivity (Wildman–Crippen MR) is 92.0 cm³/mol. The van der Waals surface area contributed by atoms with Gasteiger partial charge in [0.15, 0.2) is 5.11 Å². The second-order valence-electron chi connectivity index (χ2n) is 4.89. The van der Waals surface area contributed by atoms with Gasteiger partial charge in [0.25, 0.3) is 0 Å². The van der Waals surface area contributed by atoms with Crippen LogP contribution in [0.4, 0.5) is 5.69 Å². The summed E-state index contributed by atoms with van der Waals surface area (Å²) in [6, 6.07) is 7.71. The van der Waals surface area contributed by atoms with Crippen LogP contribution in [0.15, 0.2) is 30.5 Å². The SMILES string of the molecule is Cc1ccc(Cl)cc1NC(=S)NCCCn1nccc1C. The summed E-state index contributed by atoms with van der Waals surface area (Å²) in [5, 5.41) is 11.9. The Morgan fingerprint density at radius 3 is 2.86 bits per heavy atom. The van der Waals surface area contributed by atoms with Crippen LogP contribution in [0.5, 0.6) is 0 Å². The van der Waals surface area contributed by atoms with Crippen molar-refractivity contribution in [2.45, 2.75) is 26.8 Å². The molecule has 1 aromatic heterocycles. The largest absolute Gasteiger partial charge is 0.362 e. The molecule has 1 aromatic carbocycles. The molecule has 0 bridgehead atoms. The Kier molecular flexibility index (Phi) is 5.59. The van der Waals surface area contributed by atoms with Gasteiger partial charge < -0.3 is 10.6 Å². The highest BCUT2D eigenvalue weighted by Gasteiger charge is 2.02. The van der Waals surface area contributed by atoms with Gasteiger partial charge in [-0.25, -0.2) is 0 Å².